The van der Waals surface area contributed by atoms with Crippen molar-refractivity contribution in [3.8, 4) is 11.1 Å². The summed E-state index contributed by atoms with van der Waals surface area (Å²) >= 11 is 0. The number of nitrogens with zero attached hydrogens (tertiary/aromatic N) is 3. The molecule has 0 saturated heterocycles. The number of halogens is 1. The maximum Gasteiger partial charge on any atom is 0.269 e. The molecular weight excluding hydrogens is 353 g/mol. The highest BCUT2D eigenvalue weighted by Crippen LogP contribution is 2.28. The Hall–Kier alpha value is -3.60. The average molecular weight is 369 g/mol. The molecule has 0 bridgehead atoms. The van der Waals surface area contributed by atoms with Crippen LogP contribution in [0.15, 0.2) is 71.9 Å². The number of fused-ring (bicyclic) bond motifs is 2. The minimum absolute atomic E-state index is 0.129. The molecule has 5 heteroatoms. The summed E-state index contributed by atoms with van der Waals surface area (Å²) in [5.74, 6) is -0.336. The fraction of sp³-hybridized carbons (Fsp3) is 0.0870. The molecule has 0 saturated carbocycles. The van der Waals surface area contributed by atoms with Crippen molar-refractivity contribution in [1.82, 2.24) is 14.5 Å². The molecule has 0 spiro atoms. The van der Waals surface area contributed by atoms with Gasteiger partial charge in [-0.15, -0.1) is 0 Å². The summed E-state index contributed by atoms with van der Waals surface area (Å²) in [6.45, 7) is 0.129. The average Bonchev–Trinajstić information content (AvgIpc) is 3.19. The Morgan fingerprint density at radius 2 is 1.89 bits per heavy atom. The van der Waals surface area contributed by atoms with E-state index in [0.29, 0.717) is 16.6 Å². The maximum atomic E-state index is 14.9. The van der Waals surface area contributed by atoms with Crippen molar-refractivity contribution in [2.45, 2.75) is 13.0 Å². The highest BCUT2D eigenvalue weighted by molar-refractivity contribution is 5.73. The summed E-state index contributed by atoms with van der Waals surface area (Å²) in [6.07, 6.45) is 9.60. The molecule has 0 amide bonds. The smallest absolute Gasteiger partial charge is 0.269 e. The van der Waals surface area contributed by atoms with Crippen LogP contribution in [0.5, 0.6) is 0 Å². The predicted octanol–water partition coefficient (Wildman–Crippen LogP) is 4.22. The molecule has 0 N–H and O–H groups in total. The third kappa shape index (κ3) is 2.81. The number of pyridine rings is 1. The molecule has 2 aromatic carbocycles. The number of hydrogen-bond donors (Lipinski definition) is 0. The van der Waals surface area contributed by atoms with E-state index in [9.17, 15) is 9.18 Å². The van der Waals surface area contributed by atoms with Crippen LogP contribution < -0.4 is 5.56 Å². The van der Waals surface area contributed by atoms with Crippen LogP contribution in [0, 0.1) is 5.82 Å². The Balaban J connectivity index is 1.52. The van der Waals surface area contributed by atoms with Gasteiger partial charge in [0.15, 0.2) is 0 Å². The number of allylic oxidation sites excluding steroid dienone is 1. The quantitative estimate of drug-likeness (QED) is 0.543. The van der Waals surface area contributed by atoms with Gasteiger partial charge in [-0.25, -0.2) is 9.37 Å². The Labute approximate surface area is 160 Å². The summed E-state index contributed by atoms with van der Waals surface area (Å²) in [6, 6.07) is 13.1. The summed E-state index contributed by atoms with van der Waals surface area (Å²) in [5, 5.41) is 0. The van der Waals surface area contributed by atoms with Gasteiger partial charge in [0, 0.05) is 11.8 Å². The Morgan fingerprint density at radius 3 is 2.79 bits per heavy atom. The van der Waals surface area contributed by atoms with Gasteiger partial charge in [-0.05, 0) is 40.8 Å². The minimum atomic E-state index is -0.336. The molecule has 1 aliphatic rings. The van der Waals surface area contributed by atoms with Crippen LogP contribution in [0.25, 0.3) is 28.2 Å². The first-order valence-corrected chi connectivity index (χ1v) is 9.07. The lowest BCUT2D eigenvalue weighted by Gasteiger charge is -2.11. The second kappa shape index (κ2) is 6.53. The second-order valence-corrected chi connectivity index (χ2v) is 6.87. The van der Waals surface area contributed by atoms with E-state index < -0.39 is 0 Å². The van der Waals surface area contributed by atoms with E-state index in [-0.39, 0.29) is 17.9 Å². The SMILES string of the molecule is O=c1cnc2ccncc2n1Cc1ccc(-c2ccc3c(c2)CC=C3)cc1F. The van der Waals surface area contributed by atoms with Crippen molar-refractivity contribution in [2.75, 3.05) is 0 Å². The van der Waals surface area contributed by atoms with Crippen LogP contribution >= 0.6 is 0 Å². The molecule has 2 heterocycles. The molecule has 5 rings (SSSR count). The first-order chi connectivity index (χ1) is 13.7. The van der Waals surface area contributed by atoms with E-state index >= 15 is 0 Å². The van der Waals surface area contributed by atoms with Gasteiger partial charge < -0.3 is 0 Å². The van der Waals surface area contributed by atoms with Crippen molar-refractivity contribution in [3.05, 3.63) is 100.0 Å². The van der Waals surface area contributed by atoms with Crippen LogP contribution in [0.4, 0.5) is 4.39 Å². The van der Waals surface area contributed by atoms with Crippen molar-refractivity contribution >= 4 is 17.1 Å². The van der Waals surface area contributed by atoms with E-state index in [4.69, 9.17) is 0 Å². The van der Waals surface area contributed by atoms with Crippen molar-refractivity contribution < 1.29 is 4.39 Å². The normalized spacial score (nSPS) is 12.5. The molecule has 0 unspecified atom stereocenters. The number of hydrogen-bond acceptors (Lipinski definition) is 3. The molecule has 0 atom stereocenters. The minimum Gasteiger partial charge on any atom is -0.299 e. The van der Waals surface area contributed by atoms with Gasteiger partial charge in [0.05, 0.1) is 30.0 Å². The highest BCUT2D eigenvalue weighted by Gasteiger charge is 2.11. The van der Waals surface area contributed by atoms with Crippen LogP contribution in [-0.4, -0.2) is 14.5 Å². The standard InChI is InChI=1S/C23H16FN3O/c24-20-11-18(17-5-4-15-2-1-3-16(15)10-17)6-7-19(20)14-27-22-12-25-9-8-21(22)26-13-23(27)28/h1-2,4-13H,3,14H2. The molecule has 28 heavy (non-hydrogen) atoms. The zero-order valence-electron chi connectivity index (χ0n) is 15.0. The van der Waals surface area contributed by atoms with Crippen molar-refractivity contribution in [3.63, 3.8) is 0 Å². The van der Waals surface area contributed by atoms with E-state index in [0.717, 1.165) is 17.5 Å². The molecule has 4 nitrogen and oxygen atoms in total. The summed E-state index contributed by atoms with van der Waals surface area (Å²) in [4.78, 5) is 20.5. The first kappa shape index (κ1) is 16.6. The molecule has 1 aliphatic carbocycles. The second-order valence-electron chi connectivity index (χ2n) is 6.87. The maximum absolute atomic E-state index is 14.9. The molecule has 0 fully saturated rings. The van der Waals surface area contributed by atoms with Crippen LogP contribution in [0.3, 0.4) is 0 Å². The lowest BCUT2D eigenvalue weighted by Crippen LogP contribution is -2.21. The topological polar surface area (TPSA) is 47.8 Å². The Kier molecular flexibility index (Phi) is 3.86. The van der Waals surface area contributed by atoms with E-state index in [1.807, 2.05) is 12.1 Å². The molecule has 4 aromatic rings. The predicted molar refractivity (Wildman–Crippen MR) is 107 cm³/mol. The van der Waals surface area contributed by atoms with Gasteiger partial charge in [-0.1, -0.05) is 42.5 Å². The van der Waals surface area contributed by atoms with Crippen molar-refractivity contribution in [1.29, 1.82) is 0 Å². The van der Waals surface area contributed by atoms with Crippen LogP contribution in [0.1, 0.15) is 16.7 Å². The fourth-order valence-electron chi connectivity index (χ4n) is 3.64. The fourth-order valence-corrected chi connectivity index (χ4v) is 3.64. The lowest BCUT2D eigenvalue weighted by molar-refractivity contribution is 0.599. The number of rotatable bonds is 3. The first-order valence-electron chi connectivity index (χ1n) is 9.07. The van der Waals surface area contributed by atoms with Crippen LogP contribution in [-0.2, 0) is 13.0 Å². The molecule has 136 valence electrons. The largest absolute Gasteiger partial charge is 0.299 e. The third-order valence-electron chi connectivity index (χ3n) is 5.14. The third-order valence-corrected chi connectivity index (χ3v) is 5.14. The van der Waals surface area contributed by atoms with E-state index in [1.54, 1.807) is 24.5 Å². The Bertz CT molecular complexity index is 1310. The summed E-state index contributed by atoms with van der Waals surface area (Å²) < 4.78 is 16.4. The van der Waals surface area contributed by atoms with Crippen molar-refractivity contribution in [2.24, 2.45) is 0 Å². The number of benzene rings is 2. The monoisotopic (exact) mass is 369 g/mol. The Morgan fingerprint density at radius 1 is 1.04 bits per heavy atom. The van der Waals surface area contributed by atoms with Crippen LogP contribution in [0.2, 0.25) is 0 Å². The molecule has 0 radical (unpaired) electrons. The lowest BCUT2D eigenvalue weighted by atomic mass is 9.99. The van der Waals surface area contributed by atoms with Gasteiger partial charge in [-0.2, -0.15) is 0 Å². The highest BCUT2D eigenvalue weighted by atomic mass is 19.1. The molecular formula is C23H16FN3O. The van der Waals surface area contributed by atoms with Gasteiger partial charge in [0.1, 0.15) is 5.82 Å². The zero-order valence-corrected chi connectivity index (χ0v) is 15.0. The van der Waals surface area contributed by atoms with Gasteiger partial charge in [0.2, 0.25) is 0 Å². The van der Waals surface area contributed by atoms with Gasteiger partial charge >= 0.3 is 0 Å². The number of aromatic nitrogens is 3. The molecule has 0 aliphatic heterocycles. The molecule has 2 aromatic heterocycles. The van der Waals surface area contributed by atoms with Gasteiger partial charge in [-0.3, -0.25) is 14.3 Å². The van der Waals surface area contributed by atoms with E-state index in [1.165, 1.54) is 28.0 Å². The summed E-state index contributed by atoms with van der Waals surface area (Å²) in [5.41, 5.74) is 5.69. The summed E-state index contributed by atoms with van der Waals surface area (Å²) in [7, 11) is 0. The zero-order chi connectivity index (χ0) is 19.1. The van der Waals surface area contributed by atoms with Gasteiger partial charge in [0.25, 0.3) is 5.56 Å². The van der Waals surface area contributed by atoms with E-state index in [2.05, 4.69) is 34.3 Å².